The van der Waals surface area contributed by atoms with Crippen LogP contribution in [0.25, 0.3) is 0 Å². The molecule has 0 unspecified atom stereocenters. The van der Waals surface area contributed by atoms with Crippen LogP contribution in [0.15, 0.2) is 48.5 Å². The Morgan fingerprint density at radius 2 is 1.07 bits per heavy atom. The summed E-state index contributed by atoms with van der Waals surface area (Å²) in [6, 6.07) is 9.49. The number of alkyl halides is 6. The number of nitrogens with zero attached hydrogens (tertiary/aromatic N) is 6. The van der Waals surface area contributed by atoms with E-state index in [0.29, 0.717) is 66.1 Å². The number of hydrogen-bond acceptors (Lipinski definition) is 7. The van der Waals surface area contributed by atoms with E-state index in [9.17, 15) is 41.0 Å². The third kappa shape index (κ3) is 5.91. The minimum Gasteiger partial charge on any atom is -0.477 e. The van der Waals surface area contributed by atoms with E-state index in [1.807, 2.05) is 0 Å². The second-order valence-electron chi connectivity index (χ2n) is 10.2. The molecule has 45 heavy (non-hydrogen) atoms. The van der Waals surface area contributed by atoms with E-state index < -0.39 is 35.4 Å². The van der Waals surface area contributed by atoms with E-state index in [1.165, 1.54) is 31.4 Å². The molecule has 2 aliphatic rings. The van der Waals surface area contributed by atoms with E-state index in [-0.39, 0.29) is 5.56 Å². The second-order valence-corrected chi connectivity index (χ2v) is 10.2. The highest BCUT2D eigenvalue weighted by molar-refractivity contribution is 5.98. The number of carboxylic acid groups (broad SMARTS) is 1. The number of ether oxygens (including phenoxy) is 1. The molecule has 16 heteroatoms. The van der Waals surface area contributed by atoms with Gasteiger partial charge in [0.2, 0.25) is 0 Å². The fraction of sp³-hybridized carbons (Fsp3) is 0.310. The van der Waals surface area contributed by atoms with Crippen molar-refractivity contribution in [2.75, 3.05) is 30.0 Å². The normalized spacial score (nSPS) is 14.2. The van der Waals surface area contributed by atoms with Gasteiger partial charge in [0.25, 0.3) is 0 Å². The van der Waals surface area contributed by atoms with Crippen LogP contribution in [-0.4, -0.2) is 56.8 Å². The van der Waals surface area contributed by atoms with Crippen LogP contribution in [0.1, 0.15) is 43.2 Å². The molecular weight excluding hydrogens is 610 g/mol. The van der Waals surface area contributed by atoms with Crippen LogP contribution in [0.3, 0.4) is 0 Å². The molecule has 238 valence electrons. The number of hydrogen-bond donors (Lipinski definition) is 1. The summed E-state index contributed by atoms with van der Waals surface area (Å²) in [5.41, 5.74) is 0.970. The highest BCUT2D eigenvalue weighted by Gasteiger charge is 2.35. The van der Waals surface area contributed by atoms with Crippen LogP contribution in [0.2, 0.25) is 0 Å². The number of anilines is 4. The number of carbonyl (C=O) groups is 2. The lowest BCUT2D eigenvalue weighted by molar-refractivity contribution is -0.138. The first kappa shape index (κ1) is 31.4. The number of aromatic carboxylic acids is 1. The first-order chi connectivity index (χ1) is 21.1. The molecule has 0 saturated heterocycles. The van der Waals surface area contributed by atoms with Crippen molar-refractivity contribution >= 4 is 34.9 Å². The van der Waals surface area contributed by atoms with Gasteiger partial charge in [-0.05, 0) is 62.4 Å². The number of methoxy groups -OCH3 is 1. The standard InChI is InChI=1S/C15H14F3N3O2.C14H12F3N3O2/c1-9-12(14(22)23-2)13-20(7-8-21(13)19-9)11-5-3-10(4-6-11)15(16,17)18;1-8-11(13(21)22)12-19(6-7-20(12)18-8)10-4-2-9(3-5-10)14(15,16)17/h3-6H,7-8H2,1-2H3;2-5H,6-7H2,1H3,(H,21,22). The summed E-state index contributed by atoms with van der Waals surface area (Å²) in [6.07, 6.45) is -8.77. The van der Waals surface area contributed by atoms with Gasteiger partial charge in [0.05, 0.1) is 42.7 Å². The molecule has 0 saturated carbocycles. The number of carboxylic acids is 1. The zero-order valence-corrected chi connectivity index (χ0v) is 24.1. The van der Waals surface area contributed by atoms with E-state index in [2.05, 4.69) is 10.2 Å². The number of aryl methyl sites for hydroxylation is 2. The number of halogens is 6. The number of carbonyl (C=O) groups excluding carboxylic acids is 1. The van der Waals surface area contributed by atoms with Gasteiger partial charge in [0.1, 0.15) is 22.8 Å². The lowest BCUT2D eigenvalue weighted by Gasteiger charge is -2.19. The average Bonchev–Trinajstić information content (AvgIpc) is 3.72. The summed E-state index contributed by atoms with van der Waals surface area (Å²) in [7, 11) is 1.28. The molecule has 4 aromatic rings. The van der Waals surface area contributed by atoms with Crippen molar-refractivity contribution < 1.29 is 45.8 Å². The van der Waals surface area contributed by atoms with Crippen molar-refractivity contribution in [1.29, 1.82) is 0 Å². The van der Waals surface area contributed by atoms with Gasteiger partial charge < -0.3 is 19.6 Å². The molecular formula is C29H26F6N6O4. The van der Waals surface area contributed by atoms with Crippen molar-refractivity contribution in [2.45, 2.75) is 39.3 Å². The second kappa shape index (κ2) is 11.5. The largest absolute Gasteiger partial charge is 0.477 e. The summed E-state index contributed by atoms with van der Waals surface area (Å²) in [4.78, 5) is 26.8. The minimum atomic E-state index is -4.39. The van der Waals surface area contributed by atoms with Gasteiger partial charge in [-0.15, -0.1) is 0 Å². The van der Waals surface area contributed by atoms with Crippen LogP contribution in [-0.2, 0) is 30.2 Å². The number of benzene rings is 2. The van der Waals surface area contributed by atoms with Crippen molar-refractivity contribution in [1.82, 2.24) is 19.6 Å². The number of aromatic nitrogens is 4. The van der Waals surface area contributed by atoms with Gasteiger partial charge in [-0.2, -0.15) is 36.5 Å². The Balaban J connectivity index is 0.000000178. The summed E-state index contributed by atoms with van der Waals surface area (Å²) in [5, 5.41) is 17.8. The number of rotatable bonds is 4. The van der Waals surface area contributed by atoms with E-state index in [1.54, 1.807) is 33.0 Å². The fourth-order valence-corrected chi connectivity index (χ4v) is 5.36. The van der Waals surface area contributed by atoms with Crippen LogP contribution in [0.4, 0.5) is 49.4 Å². The minimum absolute atomic E-state index is 0.0809. The molecule has 2 aromatic carbocycles. The van der Waals surface area contributed by atoms with Gasteiger partial charge in [-0.1, -0.05) is 0 Å². The molecule has 1 N–H and O–H groups in total. The van der Waals surface area contributed by atoms with Crippen LogP contribution < -0.4 is 9.80 Å². The van der Waals surface area contributed by atoms with Crippen molar-refractivity contribution in [3.63, 3.8) is 0 Å². The van der Waals surface area contributed by atoms with Crippen LogP contribution in [0, 0.1) is 13.8 Å². The molecule has 2 aliphatic heterocycles. The summed E-state index contributed by atoms with van der Waals surface area (Å²) in [5.74, 6) is -0.654. The molecule has 0 bridgehead atoms. The van der Waals surface area contributed by atoms with E-state index in [4.69, 9.17) is 4.74 Å². The first-order valence-electron chi connectivity index (χ1n) is 13.5. The maximum absolute atomic E-state index is 12.7. The summed E-state index contributed by atoms with van der Waals surface area (Å²) < 4.78 is 83.8. The van der Waals surface area contributed by atoms with Crippen molar-refractivity contribution in [3.8, 4) is 0 Å². The van der Waals surface area contributed by atoms with Gasteiger partial charge in [0, 0.05) is 24.5 Å². The third-order valence-corrected chi connectivity index (χ3v) is 7.40. The van der Waals surface area contributed by atoms with Gasteiger partial charge in [-0.3, -0.25) is 0 Å². The molecule has 0 atom stereocenters. The third-order valence-electron chi connectivity index (χ3n) is 7.40. The topological polar surface area (TPSA) is 106 Å². The molecule has 6 rings (SSSR count). The van der Waals surface area contributed by atoms with Crippen LogP contribution in [0.5, 0.6) is 0 Å². The molecule has 2 aromatic heterocycles. The Morgan fingerprint density at radius 1 is 0.689 bits per heavy atom. The van der Waals surface area contributed by atoms with Crippen molar-refractivity contribution in [3.05, 3.63) is 82.2 Å². The highest BCUT2D eigenvalue weighted by atomic mass is 19.4. The molecule has 0 aliphatic carbocycles. The molecule has 0 radical (unpaired) electrons. The maximum atomic E-state index is 12.7. The Bertz CT molecular complexity index is 1740. The fourth-order valence-electron chi connectivity index (χ4n) is 5.36. The zero-order chi connectivity index (χ0) is 32.8. The summed E-state index contributed by atoms with van der Waals surface area (Å²) in [6.45, 7) is 5.33. The van der Waals surface area contributed by atoms with E-state index in [0.717, 1.165) is 24.3 Å². The predicted molar refractivity (Wildman–Crippen MR) is 149 cm³/mol. The monoisotopic (exact) mass is 636 g/mol. The SMILES string of the molecule is COC(=O)c1c(C)nn2c1N(c1ccc(C(F)(F)F)cc1)CC2.Cc1nn2c(c1C(=O)O)N(c1ccc(C(F)(F)F)cc1)CC2. The maximum Gasteiger partial charge on any atom is 0.416 e. The Hall–Kier alpha value is -5.02. The summed E-state index contributed by atoms with van der Waals surface area (Å²) >= 11 is 0. The Kier molecular flexibility index (Phi) is 8.01. The van der Waals surface area contributed by atoms with Crippen molar-refractivity contribution in [2.24, 2.45) is 0 Å². The number of esters is 1. The quantitative estimate of drug-likeness (QED) is 0.208. The lowest BCUT2D eigenvalue weighted by Crippen LogP contribution is -2.17. The molecule has 10 nitrogen and oxygen atoms in total. The molecule has 0 fully saturated rings. The Labute approximate surface area is 252 Å². The zero-order valence-electron chi connectivity index (χ0n) is 24.1. The first-order valence-corrected chi connectivity index (χ1v) is 13.5. The molecule has 0 amide bonds. The average molecular weight is 637 g/mol. The van der Waals surface area contributed by atoms with E-state index >= 15 is 0 Å². The molecule has 4 heterocycles. The van der Waals surface area contributed by atoms with Gasteiger partial charge >= 0.3 is 24.3 Å². The molecule has 0 spiro atoms. The number of fused-ring (bicyclic) bond motifs is 2. The lowest BCUT2D eigenvalue weighted by atomic mass is 10.1. The van der Waals surface area contributed by atoms with Crippen LogP contribution >= 0.6 is 0 Å². The highest BCUT2D eigenvalue weighted by Crippen LogP contribution is 2.38. The smallest absolute Gasteiger partial charge is 0.416 e. The van der Waals surface area contributed by atoms with Gasteiger partial charge in [0.15, 0.2) is 0 Å². The van der Waals surface area contributed by atoms with Gasteiger partial charge in [-0.25, -0.2) is 19.0 Å². The predicted octanol–water partition coefficient (Wildman–Crippen LogP) is 6.21. The Morgan fingerprint density at radius 3 is 1.42 bits per heavy atom.